The van der Waals surface area contributed by atoms with Crippen molar-refractivity contribution in [1.29, 1.82) is 0 Å². The average Bonchev–Trinajstić information content (AvgIpc) is 3.01. The monoisotopic (exact) mass is 190 g/mol. The summed E-state index contributed by atoms with van der Waals surface area (Å²) in [5.74, 6) is 1.06. The summed E-state index contributed by atoms with van der Waals surface area (Å²) in [5, 5.41) is 0. The van der Waals surface area contributed by atoms with Crippen LogP contribution in [-0.4, -0.2) is 6.10 Å². The zero-order chi connectivity index (χ0) is 9.97. The molecule has 0 aliphatic heterocycles. The lowest BCUT2D eigenvalue weighted by atomic mass is 10.0. The van der Waals surface area contributed by atoms with Crippen LogP contribution in [0.2, 0.25) is 0 Å². The minimum atomic E-state index is 0.507. The zero-order valence-electron chi connectivity index (χ0n) is 9.05. The molecule has 1 aromatic rings. The van der Waals surface area contributed by atoms with Gasteiger partial charge in [0.1, 0.15) is 5.75 Å². The van der Waals surface area contributed by atoms with E-state index in [1.807, 2.05) is 0 Å². The third kappa shape index (κ3) is 2.09. The molecule has 1 aromatic carbocycles. The zero-order valence-corrected chi connectivity index (χ0v) is 9.05. The number of hydrogen-bond donors (Lipinski definition) is 0. The van der Waals surface area contributed by atoms with E-state index < -0.39 is 0 Å². The van der Waals surface area contributed by atoms with Crippen LogP contribution in [-0.2, 0) is 12.8 Å². The molecule has 0 atom stereocenters. The number of benzene rings is 1. The maximum Gasteiger partial charge on any atom is 0.120 e. The van der Waals surface area contributed by atoms with E-state index in [0.29, 0.717) is 6.10 Å². The van der Waals surface area contributed by atoms with Gasteiger partial charge in [0, 0.05) is 0 Å². The second kappa shape index (κ2) is 4.04. The summed E-state index contributed by atoms with van der Waals surface area (Å²) in [6.45, 7) is 4.41. The van der Waals surface area contributed by atoms with E-state index in [9.17, 15) is 0 Å². The molecule has 1 aliphatic rings. The van der Waals surface area contributed by atoms with E-state index in [-0.39, 0.29) is 0 Å². The minimum absolute atomic E-state index is 0.507. The summed E-state index contributed by atoms with van der Waals surface area (Å²) in [4.78, 5) is 0. The van der Waals surface area contributed by atoms with Gasteiger partial charge < -0.3 is 4.74 Å². The summed E-state index contributed by atoms with van der Waals surface area (Å²) < 4.78 is 5.77. The molecular weight excluding hydrogens is 172 g/mol. The lowest BCUT2D eigenvalue weighted by molar-refractivity contribution is 0.303. The Hall–Kier alpha value is -0.980. The highest BCUT2D eigenvalue weighted by Gasteiger charge is 2.23. The lowest BCUT2D eigenvalue weighted by Crippen LogP contribution is -1.98. The fourth-order valence-electron chi connectivity index (χ4n) is 1.73. The Morgan fingerprint density at radius 1 is 1.14 bits per heavy atom. The highest BCUT2D eigenvalue weighted by molar-refractivity contribution is 5.36. The van der Waals surface area contributed by atoms with E-state index in [1.54, 1.807) is 0 Å². The molecule has 0 bridgehead atoms. The van der Waals surface area contributed by atoms with Crippen LogP contribution in [0, 0.1) is 0 Å². The Morgan fingerprint density at radius 3 is 2.43 bits per heavy atom. The first-order valence-corrected chi connectivity index (χ1v) is 5.62. The normalized spacial score (nSPS) is 15.6. The van der Waals surface area contributed by atoms with Gasteiger partial charge >= 0.3 is 0 Å². The molecule has 0 radical (unpaired) electrons. The largest absolute Gasteiger partial charge is 0.490 e. The van der Waals surface area contributed by atoms with Gasteiger partial charge in [0.05, 0.1) is 6.10 Å². The van der Waals surface area contributed by atoms with Crippen molar-refractivity contribution >= 4 is 0 Å². The van der Waals surface area contributed by atoms with Crippen molar-refractivity contribution in [2.45, 2.75) is 45.6 Å². The van der Waals surface area contributed by atoms with Crippen molar-refractivity contribution in [2.75, 3.05) is 0 Å². The van der Waals surface area contributed by atoms with Crippen LogP contribution in [0.25, 0.3) is 0 Å². The number of hydrogen-bond acceptors (Lipinski definition) is 1. The summed E-state index contributed by atoms with van der Waals surface area (Å²) in [6, 6.07) is 6.52. The summed E-state index contributed by atoms with van der Waals surface area (Å²) in [6.07, 6.45) is 5.19. The van der Waals surface area contributed by atoms with Gasteiger partial charge in [-0.25, -0.2) is 0 Å². The van der Waals surface area contributed by atoms with Gasteiger partial charge in [0.15, 0.2) is 0 Å². The van der Waals surface area contributed by atoms with Crippen molar-refractivity contribution in [2.24, 2.45) is 0 Å². The fraction of sp³-hybridized carbons (Fsp3) is 0.538. The van der Waals surface area contributed by atoms with Crippen LogP contribution < -0.4 is 4.74 Å². The Morgan fingerprint density at radius 2 is 1.86 bits per heavy atom. The van der Waals surface area contributed by atoms with E-state index in [4.69, 9.17) is 4.74 Å². The number of aryl methyl sites for hydroxylation is 2. The molecule has 1 aliphatic carbocycles. The molecule has 1 nitrogen and oxygen atoms in total. The highest BCUT2D eigenvalue weighted by Crippen LogP contribution is 2.28. The second-order valence-electron chi connectivity index (χ2n) is 3.95. The SMILES string of the molecule is CCc1ccc(OC2CC2)cc1CC. The van der Waals surface area contributed by atoms with Gasteiger partial charge in [-0.05, 0) is 48.9 Å². The molecule has 14 heavy (non-hydrogen) atoms. The Labute approximate surface area is 86.1 Å². The van der Waals surface area contributed by atoms with Crippen molar-refractivity contribution in [3.8, 4) is 5.75 Å². The van der Waals surface area contributed by atoms with Crippen LogP contribution in [0.1, 0.15) is 37.8 Å². The Bertz CT molecular complexity index is 313. The van der Waals surface area contributed by atoms with Crippen LogP contribution >= 0.6 is 0 Å². The van der Waals surface area contributed by atoms with Crippen molar-refractivity contribution in [3.05, 3.63) is 29.3 Å². The first-order valence-electron chi connectivity index (χ1n) is 5.62. The van der Waals surface area contributed by atoms with E-state index in [0.717, 1.165) is 18.6 Å². The third-order valence-electron chi connectivity index (χ3n) is 2.77. The third-order valence-corrected chi connectivity index (χ3v) is 2.77. The number of ether oxygens (including phenoxy) is 1. The molecule has 76 valence electrons. The molecule has 1 fully saturated rings. The lowest BCUT2D eigenvalue weighted by Gasteiger charge is -2.09. The predicted molar refractivity (Wildman–Crippen MR) is 58.8 cm³/mol. The molecule has 0 unspecified atom stereocenters. The van der Waals surface area contributed by atoms with Gasteiger partial charge in [0.2, 0.25) is 0 Å². The molecule has 0 amide bonds. The second-order valence-corrected chi connectivity index (χ2v) is 3.95. The quantitative estimate of drug-likeness (QED) is 0.707. The Balaban J connectivity index is 2.16. The van der Waals surface area contributed by atoms with E-state index in [1.165, 1.54) is 24.0 Å². The molecule has 2 rings (SSSR count). The number of rotatable bonds is 4. The molecule has 0 heterocycles. The molecule has 0 N–H and O–H groups in total. The van der Waals surface area contributed by atoms with E-state index >= 15 is 0 Å². The predicted octanol–water partition coefficient (Wildman–Crippen LogP) is 3.35. The summed E-state index contributed by atoms with van der Waals surface area (Å²) in [7, 11) is 0. The van der Waals surface area contributed by atoms with Crippen LogP contribution in [0.3, 0.4) is 0 Å². The molecule has 0 aromatic heterocycles. The molecule has 1 heteroatoms. The summed E-state index contributed by atoms with van der Waals surface area (Å²) in [5.41, 5.74) is 2.89. The van der Waals surface area contributed by atoms with Gasteiger partial charge in [-0.2, -0.15) is 0 Å². The fourth-order valence-corrected chi connectivity index (χ4v) is 1.73. The maximum atomic E-state index is 5.77. The first-order chi connectivity index (χ1) is 6.83. The van der Waals surface area contributed by atoms with E-state index in [2.05, 4.69) is 32.0 Å². The van der Waals surface area contributed by atoms with Crippen molar-refractivity contribution in [3.63, 3.8) is 0 Å². The molecule has 1 saturated carbocycles. The summed E-state index contributed by atoms with van der Waals surface area (Å²) >= 11 is 0. The van der Waals surface area contributed by atoms with Gasteiger partial charge in [-0.15, -0.1) is 0 Å². The first kappa shape index (κ1) is 9.57. The van der Waals surface area contributed by atoms with Crippen LogP contribution in [0.5, 0.6) is 5.75 Å². The van der Waals surface area contributed by atoms with Gasteiger partial charge in [-0.3, -0.25) is 0 Å². The standard InChI is InChI=1S/C13H18O/c1-3-10-5-6-13(9-11(10)4-2)14-12-7-8-12/h5-6,9,12H,3-4,7-8H2,1-2H3. The van der Waals surface area contributed by atoms with Crippen LogP contribution in [0.4, 0.5) is 0 Å². The molecule has 0 spiro atoms. The molecular formula is C13H18O. The topological polar surface area (TPSA) is 9.23 Å². The van der Waals surface area contributed by atoms with Crippen molar-refractivity contribution < 1.29 is 4.74 Å². The highest BCUT2D eigenvalue weighted by atomic mass is 16.5. The average molecular weight is 190 g/mol. The smallest absolute Gasteiger partial charge is 0.120 e. The van der Waals surface area contributed by atoms with Gasteiger partial charge in [0.25, 0.3) is 0 Å². The minimum Gasteiger partial charge on any atom is -0.490 e. The van der Waals surface area contributed by atoms with Crippen LogP contribution in [0.15, 0.2) is 18.2 Å². The van der Waals surface area contributed by atoms with Crippen molar-refractivity contribution in [1.82, 2.24) is 0 Å². The maximum absolute atomic E-state index is 5.77. The molecule has 0 saturated heterocycles. The van der Waals surface area contributed by atoms with Gasteiger partial charge in [-0.1, -0.05) is 19.9 Å². The Kier molecular flexibility index (Phi) is 2.76.